The first-order chi connectivity index (χ1) is 20.1. The highest BCUT2D eigenvalue weighted by Gasteiger charge is 2.34. The van der Waals surface area contributed by atoms with Gasteiger partial charge >= 0.3 is 6.18 Å². The third-order valence-corrected chi connectivity index (χ3v) is 9.37. The van der Waals surface area contributed by atoms with Crippen LogP contribution >= 0.6 is 23.4 Å². The van der Waals surface area contributed by atoms with E-state index in [0.717, 1.165) is 37.8 Å². The van der Waals surface area contributed by atoms with E-state index in [4.69, 9.17) is 11.6 Å². The van der Waals surface area contributed by atoms with Gasteiger partial charge in [0.25, 0.3) is 0 Å². The molecule has 1 atom stereocenters. The highest BCUT2D eigenvalue weighted by Crippen LogP contribution is 2.32. The molecule has 42 heavy (non-hydrogen) atoms. The lowest BCUT2D eigenvalue weighted by atomic mass is 9.88. The quantitative estimate of drug-likeness (QED) is 0.248. The Morgan fingerprint density at radius 3 is 2.38 bits per heavy atom. The molecule has 8 nitrogen and oxygen atoms in total. The van der Waals surface area contributed by atoms with E-state index in [0.29, 0.717) is 62.5 Å². The lowest BCUT2D eigenvalue weighted by Gasteiger charge is -2.42. The van der Waals surface area contributed by atoms with Crippen LogP contribution in [-0.4, -0.2) is 89.2 Å². The number of rotatable bonds is 6. The molecule has 3 heterocycles. The molecule has 0 N–H and O–H groups in total. The number of piperazine rings is 2. The number of aromatic nitrogens is 2. The van der Waals surface area contributed by atoms with Gasteiger partial charge in [0.1, 0.15) is 11.0 Å². The van der Waals surface area contributed by atoms with Crippen LogP contribution in [0, 0.1) is 5.92 Å². The first-order valence-corrected chi connectivity index (χ1v) is 15.9. The Labute approximate surface area is 253 Å². The molecule has 0 radical (unpaired) electrons. The van der Waals surface area contributed by atoms with Crippen LogP contribution in [0.5, 0.6) is 0 Å². The molecule has 1 aliphatic carbocycles. The van der Waals surface area contributed by atoms with Gasteiger partial charge in [-0.25, -0.2) is 9.97 Å². The second-order valence-corrected chi connectivity index (χ2v) is 12.5. The number of carbonyl (C=O) groups excluding carboxylic acids is 2. The number of halogens is 4. The number of anilines is 2. The number of hydrogen-bond donors (Lipinski definition) is 0. The summed E-state index contributed by atoms with van der Waals surface area (Å²) in [6.07, 6.45) is 1.05. The average Bonchev–Trinajstić information content (AvgIpc) is 2.99. The zero-order valence-corrected chi connectivity index (χ0v) is 25.2. The average molecular weight is 625 g/mol. The predicted octanol–water partition coefficient (Wildman–Crippen LogP) is 5.21. The minimum absolute atomic E-state index is 0.0502. The highest BCUT2D eigenvalue weighted by atomic mass is 35.5. The first kappa shape index (κ1) is 30.7. The Balaban J connectivity index is 1.13. The maximum absolute atomic E-state index is 13.1. The van der Waals surface area contributed by atoms with Gasteiger partial charge in [-0.3, -0.25) is 9.59 Å². The number of hydrogen-bond acceptors (Lipinski definition) is 7. The zero-order chi connectivity index (χ0) is 29.9. The maximum atomic E-state index is 13.1. The molecule has 5 rings (SSSR count). The summed E-state index contributed by atoms with van der Waals surface area (Å²) in [5.41, 5.74) is -0.181. The summed E-state index contributed by atoms with van der Waals surface area (Å²) in [5, 5.41) is 0.694. The summed E-state index contributed by atoms with van der Waals surface area (Å²) in [7, 11) is 0. The Bertz CT molecular complexity index is 1270. The molecule has 2 aromatic rings. The predicted molar refractivity (Wildman–Crippen MR) is 158 cm³/mol. The minimum Gasteiger partial charge on any atom is -0.368 e. The molecule has 2 aliphatic heterocycles. The molecule has 0 spiro atoms. The Hall–Kier alpha value is -2.73. The molecular formula is C29H36ClF3N6O2S. The minimum atomic E-state index is -4.40. The van der Waals surface area contributed by atoms with Crippen molar-refractivity contribution in [3.63, 3.8) is 0 Å². The van der Waals surface area contributed by atoms with Crippen LogP contribution in [0.3, 0.4) is 0 Å². The van der Waals surface area contributed by atoms with Gasteiger partial charge in [0.05, 0.1) is 11.3 Å². The summed E-state index contributed by atoms with van der Waals surface area (Å²) in [5.74, 6) is 1.13. The van der Waals surface area contributed by atoms with Gasteiger partial charge in [0.15, 0.2) is 5.16 Å². The number of carbonyl (C=O) groups is 2. The fourth-order valence-electron chi connectivity index (χ4n) is 6.00. The van der Waals surface area contributed by atoms with E-state index in [1.165, 1.54) is 24.2 Å². The maximum Gasteiger partial charge on any atom is 0.416 e. The molecule has 2 amide bonds. The van der Waals surface area contributed by atoms with E-state index in [1.54, 1.807) is 17.0 Å². The van der Waals surface area contributed by atoms with Crippen LogP contribution in [0.25, 0.3) is 0 Å². The topological polar surface area (TPSA) is 72.9 Å². The SMILES string of the molecule is CC1CN(c2cc(Cl)nc(SCC(=O)N3CCN(c4cccc(C(F)(F)F)c4)CC3)n2)CCN1C(=O)C1CCCCC1. The molecular weight excluding hydrogens is 589 g/mol. The van der Waals surface area contributed by atoms with E-state index in [1.807, 2.05) is 9.80 Å². The molecule has 13 heteroatoms. The lowest BCUT2D eigenvalue weighted by molar-refractivity contribution is -0.139. The molecule has 1 aromatic carbocycles. The van der Waals surface area contributed by atoms with Gasteiger partial charge < -0.3 is 19.6 Å². The van der Waals surface area contributed by atoms with E-state index in [-0.39, 0.29) is 34.7 Å². The monoisotopic (exact) mass is 624 g/mol. The Kier molecular flexibility index (Phi) is 9.71. The fraction of sp³-hybridized carbons (Fsp3) is 0.586. The standard InChI is InChI=1S/C29H36ClF3N6O2S/c1-20-18-38(14-15-39(20)27(41)21-6-3-2-4-7-21)25-17-24(30)34-28(35-25)42-19-26(40)37-12-10-36(11-13-37)23-9-5-8-22(16-23)29(31,32)33/h5,8-9,16-17,20-21H,2-4,6-7,10-15,18-19H2,1H3. The number of benzene rings is 1. The van der Waals surface area contributed by atoms with E-state index in [2.05, 4.69) is 21.8 Å². The second-order valence-electron chi connectivity index (χ2n) is 11.2. The Morgan fingerprint density at radius 1 is 0.976 bits per heavy atom. The van der Waals surface area contributed by atoms with Crippen molar-refractivity contribution in [2.24, 2.45) is 5.92 Å². The van der Waals surface area contributed by atoms with Gasteiger partial charge in [0.2, 0.25) is 11.8 Å². The lowest BCUT2D eigenvalue weighted by Crippen LogP contribution is -2.55. The molecule has 1 aromatic heterocycles. The van der Waals surface area contributed by atoms with Gasteiger partial charge in [0, 0.05) is 69.5 Å². The van der Waals surface area contributed by atoms with Crippen LogP contribution in [0.1, 0.15) is 44.6 Å². The van der Waals surface area contributed by atoms with Crippen molar-refractivity contribution in [2.45, 2.75) is 56.4 Å². The van der Waals surface area contributed by atoms with E-state index >= 15 is 0 Å². The van der Waals surface area contributed by atoms with Crippen molar-refractivity contribution in [3.05, 3.63) is 41.0 Å². The van der Waals surface area contributed by atoms with Crippen LogP contribution < -0.4 is 9.80 Å². The summed E-state index contributed by atoms with van der Waals surface area (Å²) >= 11 is 7.55. The third kappa shape index (κ3) is 7.42. The summed E-state index contributed by atoms with van der Waals surface area (Å²) < 4.78 is 39.3. The normalized spacial score (nSPS) is 20.6. The number of alkyl halides is 3. The molecule has 1 saturated carbocycles. The second kappa shape index (κ2) is 13.3. The molecule has 0 bridgehead atoms. The zero-order valence-electron chi connectivity index (χ0n) is 23.7. The number of nitrogens with zero attached hydrogens (tertiary/aromatic N) is 6. The largest absolute Gasteiger partial charge is 0.416 e. The summed E-state index contributed by atoms with van der Waals surface area (Å²) in [6, 6.07) is 7.04. The van der Waals surface area contributed by atoms with Gasteiger partial charge in [-0.15, -0.1) is 0 Å². The van der Waals surface area contributed by atoms with Gasteiger partial charge in [-0.05, 0) is 38.0 Å². The molecule has 3 fully saturated rings. The van der Waals surface area contributed by atoms with E-state index < -0.39 is 11.7 Å². The van der Waals surface area contributed by atoms with Crippen molar-refractivity contribution < 1.29 is 22.8 Å². The fourth-order valence-corrected chi connectivity index (χ4v) is 6.98. The smallest absolute Gasteiger partial charge is 0.368 e. The van der Waals surface area contributed by atoms with E-state index in [9.17, 15) is 22.8 Å². The van der Waals surface area contributed by atoms with Crippen molar-refractivity contribution in [1.29, 1.82) is 0 Å². The van der Waals surface area contributed by atoms with Crippen molar-refractivity contribution in [2.75, 3.05) is 61.4 Å². The summed E-state index contributed by atoms with van der Waals surface area (Å²) in [4.78, 5) is 42.7. The van der Waals surface area contributed by atoms with Crippen molar-refractivity contribution in [1.82, 2.24) is 19.8 Å². The highest BCUT2D eigenvalue weighted by molar-refractivity contribution is 7.99. The van der Waals surface area contributed by atoms with Gasteiger partial charge in [-0.2, -0.15) is 13.2 Å². The molecule has 3 aliphatic rings. The van der Waals surface area contributed by atoms with Gasteiger partial charge in [-0.1, -0.05) is 48.7 Å². The number of thioether (sulfide) groups is 1. The molecule has 2 saturated heterocycles. The van der Waals surface area contributed by atoms with Crippen molar-refractivity contribution >= 4 is 46.7 Å². The van der Waals surface area contributed by atoms with Crippen molar-refractivity contribution in [3.8, 4) is 0 Å². The van der Waals surface area contributed by atoms with Crippen LogP contribution in [0.2, 0.25) is 5.15 Å². The first-order valence-electron chi connectivity index (χ1n) is 14.5. The van der Waals surface area contributed by atoms with Crippen LogP contribution in [0.15, 0.2) is 35.5 Å². The third-order valence-electron chi connectivity index (χ3n) is 8.35. The molecule has 228 valence electrons. The van der Waals surface area contributed by atoms with Crippen LogP contribution in [-0.2, 0) is 15.8 Å². The van der Waals surface area contributed by atoms with Crippen LogP contribution in [0.4, 0.5) is 24.7 Å². The molecule has 1 unspecified atom stereocenters. The Morgan fingerprint density at radius 2 is 1.69 bits per heavy atom. The summed E-state index contributed by atoms with van der Waals surface area (Å²) in [6.45, 7) is 5.71. The number of amides is 2.